The standard InChI is InChI=1S/C20H25N3O4/c1-25-16-7-9-23(10-8-16)20(24)17-18(15-5-3-2-4-6-15)27-21-19(17)22-11-13-26-14-12-22/h2-6,16H,7-14H2,1H3. The molecule has 3 heterocycles. The molecule has 1 aromatic carbocycles. The maximum atomic E-state index is 13.4. The van der Waals surface area contributed by atoms with E-state index in [0.29, 0.717) is 56.5 Å². The van der Waals surface area contributed by atoms with Gasteiger partial charge in [0.1, 0.15) is 5.56 Å². The number of anilines is 1. The van der Waals surface area contributed by atoms with Crippen LogP contribution in [0.25, 0.3) is 11.3 Å². The molecular weight excluding hydrogens is 346 g/mol. The minimum absolute atomic E-state index is 0.0221. The summed E-state index contributed by atoms with van der Waals surface area (Å²) in [5, 5.41) is 4.29. The molecule has 0 N–H and O–H groups in total. The fraction of sp³-hybridized carbons (Fsp3) is 0.500. The number of hydrogen-bond donors (Lipinski definition) is 0. The molecule has 0 radical (unpaired) electrons. The van der Waals surface area contributed by atoms with Gasteiger partial charge in [0.25, 0.3) is 5.91 Å². The summed E-state index contributed by atoms with van der Waals surface area (Å²) in [5.41, 5.74) is 1.42. The van der Waals surface area contributed by atoms with E-state index in [1.54, 1.807) is 7.11 Å². The van der Waals surface area contributed by atoms with E-state index in [1.165, 1.54) is 0 Å². The molecule has 0 spiro atoms. The van der Waals surface area contributed by atoms with Gasteiger partial charge in [0.05, 0.1) is 19.3 Å². The van der Waals surface area contributed by atoms with Crippen molar-refractivity contribution in [2.24, 2.45) is 0 Å². The largest absolute Gasteiger partial charge is 0.381 e. The SMILES string of the molecule is COC1CCN(C(=O)c2c(N3CCOCC3)noc2-c2ccccc2)CC1. The number of piperidine rings is 1. The van der Waals surface area contributed by atoms with Crippen LogP contribution in [0, 0.1) is 0 Å². The summed E-state index contributed by atoms with van der Waals surface area (Å²) < 4.78 is 16.6. The first-order valence-corrected chi connectivity index (χ1v) is 9.48. The second-order valence-electron chi connectivity index (χ2n) is 6.90. The Morgan fingerprint density at radius 2 is 1.81 bits per heavy atom. The Morgan fingerprint density at radius 1 is 1.11 bits per heavy atom. The second-order valence-corrected chi connectivity index (χ2v) is 6.90. The van der Waals surface area contributed by atoms with Crippen molar-refractivity contribution in [2.75, 3.05) is 51.4 Å². The molecule has 0 saturated carbocycles. The minimum atomic E-state index is -0.0221. The average molecular weight is 371 g/mol. The minimum Gasteiger partial charge on any atom is -0.381 e. The summed E-state index contributed by atoms with van der Waals surface area (Å²) >= 11 is 0. The zero-order valence-corrected chi connectivity index (χ0v) is 15.6. The highest BCUT2D eigenvalue weighted by Crippen LogP contribution is 2.33. The summed E-state index contributed by atoms with van der Waals surface area (Å²) in [6.07, 6.45) is 1.92. The lowest BCUT2D eigenvalue weighted by molar-refractivity contribution is 0.0351. The van der Waals surface area contributed by atoms with E-state index in [0.717, 1.165) is 18.4 Å². The number of carbonyl (C=O) groups is 1. The molecule has 2 fully saturated rings. The van der Waals surface area contributed by atoms with Gasteiger partial charge in [0.2, 0.25) is 0 Å². The molecule has 144 valence electrons. The number of ether oxygens (including phenoxy) is 2. The van der Waals surface area contributed by atoms with Gasteiger partial charge in [-0.3, -0.25) is 4.79 Å². The van der Waals surface area contributed by atoms with Gasteiger partial charge in [-0.15, -0.1) is 0 Å². The van der Waals surface area contributed by atoms with Crippen LogP contribution in [0.4, 0.5) is 5.82 Å². The fourth-order valence-electron chi connectivity index (χ4n) is 3.70. The topological polar surface area (TPSA) is 68.0 Å². The van der Waals surface area contributed by atoms with Crippen LogP contribution in [0.2, 0.25) is 0 Å². The molecule has 0 bridgehead atoms. The van der Waals surface area contributed by atoms with Crippen LogP contribution in [0.5, 0.6) is 0 Å². The fourth-order valence-corrected chi connectivity index (χ4v) is 3.70. The Hall–Kier alpha value is -2.38. The zero-order chi connectivity index (χ0) is 18.6. The number of carbonyl (C=O) groups excluding carboxylic acids is 1. The first-order valence-electron chi connectivity index (χ1n) is 9.48. The predicted molar refractivity (Wildman–Crippen MR) is 101 cm³/mol. The monoisotopic (exact) mass is 371 g/mol. The maximum absolute atomic E-state index is 13.4. The van der Waals surface area contributed by atoms with Gasteiger partial charge in [-0.05, 0) is 12.8 Å². The molecule has 2 aliphatic rings. The molecule has 4 rings (SSSR count). The molecule has 2 aromatic rings. The highest BCUT2D eigenvalue weighted by Gasteiger charge is 2.33. The van der Waals surface area contributed by atoms with Gasteiger partial charge in [0, 0.05) is 38.9 Å². The first kappa shape index (κ1) is 18.0. The van der Waals surface area contributed by atoms with E-state index in [2.05, 4.69) is 10.1 Å². The molecule has 1 amide bonds. The lowest BCUT2D eigenvalue weighted by atomic mass is 10.0. The van der Waals surface area contributed by atoms with Gasteiger partial charge in [-0.25, -0.2) is 0 Å². The van der Waals surface area contributed by atoms with E-state index in [-0.39, 0.29) is 12.0 Å². The summed E-state index contributed by atoms with van der Waals surface area (Å²) in [7, 11) is 1.73. The highest BCUT2D eigenvalue weighted by molar-refractivity contribution is 6.04. The lowest BCUT2D eigenvalue weighted by Gasteiger charge is -2.32. The van der Waals surface area contributed by atoms with Crippen molar-refractivity contribution in [1.82, 2.24) is 10.1 Å². The van der Waals surface area contributed by atoms with Crippen molar-refractivity contribution in [3.8, 4) is 11.3 Å². The Balaban J connectivity index is 1.67. The number of aromatic nitrogens is 1. The Labute approximate surface area is 158 Å². The molecule has 1 aromatic heterocycles. The van der Waals surface area contributed by atoms with Crippen molar-refractivity contribution in [2.45, 2.75) is 18.9 Å². The summed E-state index contributed by atoms with van der Waals surface area (Å²) in [5.74, 6) is 1.14. The summed E-state index contributed by atoms with van der Waals surface area (Å²) in [4.78, 5) is 17.4. The smallest absolute Gasteiger partial charge is 0.261 e. The zero-order valence-electron chi connectivity index (χ0n) is 15.6. The molecule has 0 aliphatic carbocycles. The molecule has 7 heteroatoms. The molecular formula is C20H25N3O4. The Kier molecular flexibility index (Phi) is 5.40. The number of amides is 1. The van der Waals surface area contributed by atoms with Crippen LogP contribution in [0.3, 0.4) is 0 Å². The predicted octanol–water partition coefficient (Wildman–Crippen LogP) is 2.43. The van der Waals surface area contributed by atoms with Crippen molar-refractivity contribution in [3.63, 3.8) is 0 Å². The molecule has 0 unspecified atom stereocenters. The van der Waals surface area contributed by atoms with Gasteiger partial charge in [0.15, 0.2) is 11.6 Å². The van der Waals surface area contributed by atoms with Crippen LogP contribution >= 0.6 is 0 Å². The van der Waals surface area contributed by atoms with Crippen LogP contribution in [-0.4, -0.2) is 68.6 Å². The second kappa shape index (κ2) is 8.10. The van der Waals surface area contributed by atoms with Crippen LogP contribution in [-0.2, 0) is 9.47 Å². The third-order valence-electron chi connectivity index (χ3n) is 5.30. The number of benzene rings is 1. The van der Waals surface area contributed by atoms with Crippen molar-refractivity contribution < 1.29 is 18.8 Å². The van der Waals surface area contributed by atoms with Gasteiger partial charge >= 0.3 is 0 Å². The third kappa shape index (κ3) is 3.70. The van der Waals surface area contributed by atoms with E-state index < -0.39 is 0 Å². The van der Waals surface area contributed by atoms with Crippen LogP contribution < -0.4 is 4.90 Å². The van der Waals surface area contributed by atoms with Gasteiger partial charge in [-0.2, -0.15) is 0 Å². The molecule has 2 saturated heterocycles. The maximum Gasteiger partial charge on any atom is 0.261 e. The van der Waals surface area contributed by atoms with Crippen molar-refractivity contribution in [1.29, 1.82) is 0 Å². The Morgan fingerprint density at radius 3 is 2.48 bits per heavy atom. The average Bonchev–Trinajstić information content (AvgIpc) is 3.20. The third-order valence-corrected chi connectivity index (χ3v) is 5.30. The van der Waals surface area contributed by atoms with Crippen LogP contribution in [0.15, 0.2) is 34.9 Å². The van der Waals surface area contributed by atoms with E-state index in [4.69, 9.17) is 14.0 Å². The van der Waals surface area contributed by atoms with Crippen molar-refractivity contribution in [3.05, 3.63) is 35.9 Å². The normalized spacial score (nSPS) is 18.7. The first-order chi connectivity index (χ1) is 13.3. The summed E-state index contributed by atoms with van der Waals surface area (Å²) in [6.45, 7) is 4.01. The quantitative estimate of drug-likeness (QED) is 0.822. The van der Waals surface area contributed by atoms with Crippen molar-refractivity contribution >= 4 is 11.7 Å². The highest BCUT2D eigenvalue weighted by atomic mass is 16.5. The number of nitrogens with zero attached hydrogens (tertiary/aromatic N) is 3. The molecule has 0 atom stereocenters. The van der Waals surface area contributed by atoms with Gasteiger partial charge in [-0.1, -0.05) is 35.5 Å². The number of likely N-dealkylation sites (tertiary alicyclic amines) is 1. The summed E-state index contributed by atoms with van der Waals surface area (Å²) in [6, 6.07) is 9.70. The van der Waals surface area contributed by atoms with E-state index in [1.807, 2.05) is 35.2 Å². The number of morpholine rings is 1. The molecule has 27 heavy (non-hydrogen) atoms. The molecule has 7 nitrogen and oxygen atoms in total. The van der Waals surface area contributed by atoms with E-state index >= 15 is 0 Å². The van der Waals surface area contributed by atoms with E-state index in [9.17, 15) is 4.79 Å². The Bertz CT molecular complexity index is 763. The van der Waals surface area contributed by atoms with Gasteiger partial charge < -0.3 is 23.8 Å². The number of methoxy groups -OCH3 is 1. The van der Waals surface area contributed by atoms with Crippen LogP contribution in [0.1, 0.15) is 23.2 Å². The lowest BCUT2D eigenvalue weighted by Crippen LogP contribution is -2.42. The molecule has 2 aliphatic heterocycles. The number of hydrogen-bond acceptors (Lipinski definition) is 6. The number of rotatable bonds is 4.